The zero-order valence-corrected chi connectivity index (χ0v) is 12.3. The van der Waals surface area contributed by atoms with Gasteiger partial charge < -0.3 is 5.32 Å². The van der Waals surface area contributed by atoms with Gasteiger partial charge in [-0.15, -0.1) is 0 Å². The highest BCUT2D eigenvalue weighted by molar-refractivity contribution is 5.36. The lowest BCUT2D eigenvalue weighted by molar-refractivity contribution is -0.385. The molecule has 1 N–H and O–H groups in total. The summed E-state index contributed by atoms with van der Waals surface area (Å²) >= 11 is 0. The number of hydrogen-bond donors (Lipinski definition) is 1. The third kappa shape index (κ3) is 3.24. The van der Waals surface area contributed by atoms with Crippen LogP contribution in [0.2, 0.25) is 0 Å². The molecule has 5 nitrogen and oxygen atoms in total. The van der Waals surface area contributed by atoms with Gasteiger partial charge in [-0.05, 0) is 24.3 Å². The predicted octanol–water partition coefficient (Wildman–Crippen LogP) is 2.73. The van der Waals surface area contributed by atoms with Crippen molar-refractivity contribution in [3.8, 4) is 0 Å². The fraction of sp³-hybridized carbons (Fsp3) is 0.625. The summed E-state index contributed by atoms with van der Waals surface area (Å²) in [5.41, 5.74) is 1.34. The normalized spacial score (nSPS) is 22.3. The van der Waals surface area contributed by atoms with E-state index in [-0.39, 0.29) is 10.6 Å². The first-order valence-electron chi connectivity index (χ1n) is 7.95. The second-order valence-corrected chi connectivity index (χ2v) is 6.13. The van der Waals surface area contributed by atoms with Crippen LogP contribution in [0.4, 0.5) is 5.69 Å². The van der Waals surface area contributed by atoms with Gasteiger partial charge in [-0.3, -0.25) is 15.0 Å². The van der Waals surface area contributed by atoms with Crippen molar-refractivity contribution in [2.24, 2.45) is 5.92 Å². The van der Waals surface area contributed by atoms with E-state index < -0.39 is 0 Å². The van der Waals surface area contributed by atoms with E-state index in [0.717, 1.165) is 31.7 Å². The van der Waals surface area contributed by atoms with E-state index in [4.69, 9.17) is 0 Å². The van der Waals surface area contributed by atoms with Gasteiger partial charge in [0.15, 0.2) is 0 Å². The Balaban J connectivity index is 1.89. The summed E-state index contributed by atoms with van der Waals surface area (Å²) in [5, 5.41) is 14.4. The predicted molar refractivity (Wildman–Crippen MR) is 82.2 cm³/mol. The molecule has 1 atom stereocenters. The van der Waals surface area contributed by atoms with Crippen molar-refractivity contribution in [1.82, 2.24) is 10.2 Å². The van der Waals surface area contributed by atoms with Gasteiger partial charge in [0.05, 0.1) is 4.92 Å². The van der Waals surface area contributed by atoms with Gasteiger partial charge in [0.25, 0.3) is 5.69 Å². The molecule has 21 heavy (non-hydrogen) atoms. The lowest BCUT2D eigenvalue weighted by Crippen LogP contribution is -2.46. The topological polar surface area (TPSA) is 58.4 Å². The third-order valence-electron chi connectivity index (χ3n) is 4.81. The Kier molecular flexibility index (Phi) is 4.51. The quantitative estimate of drug-likeness (QED) is 0.684. The number of non-ortho nitro benzene ring substituents is 1. The molecule has 1 aromatic carbocycles. The number of rotatable bonds is 4. The Morgan fingerprint density at radius 3 is 2.62 bits per heavy atom. The molecule has 0 unspecified atom stereocenters. The molecule has 2 aliphatic rings. The molecule has 1 heterocycles. The molecular weight excluding hydrogens is 266 g/mol. The summed E-state index contributed by atoms with van der Waals surface area (Å²) < 4.78 is 0. The first-order valence-corrected chi connectivity index (χ1v) is 7.95. The molecule has 1 saturated carbocycles. The van der Waals surface area contributed by atoms with E-state index in [1.165, 1.54) is 25.7 Å². The Morgan fingerprint density at radius 2 is 1.95 bits per heavy atom. The molecule has 114 valence electrons. The maximum absolute atomic E-state index is 11.1. The minimum absolute atomic E-state index is 0.214. The fourth-order valence-electron chi connectivity index (χ4n) is 3.84. The molecule has 1 aromatic rings. The van der Waals surface area contributed by atoms with Crippen LogP contribution in [-0.2, 0) is 0 Å². The summed E-state index contributed by atoms with van der Waals surface area (Å²) in [5.74, 6) is 0.644. The van der Waals surface area contributed by atoms with Crippen molar-refractivity contribution < 1.29 is 4.92 Å². The molecule has 5 heteroatoms. The van der Waals surface area contributed by atoms with Crippen molar-refractivity contribution in [3.05, 3.63) is 39.9 Å². The molecule has 0 amide bonds. The van der Waals surface area contributed by atoms with Crippen LogP contribution in [0.3, 0.4) is 0 Å². The first-order chi connectivity index (χ1) is 10.3. The molecule has 1 saturated heterocycles. The van der Waals surface area contributed by atoms with Crippen LogP contribution < -0.4 is 5.32 Å². The third-order valence-corrected chi connectivity index (χ3v) is 4.81. The van der Waals surface area contributed by atoms with Crippen LogP contribution >= 0.6 is 0 Å². The van der Waals surface area contributed by atoms with Crippen molar-refractivity contribution in [3.63, 3.8) is 0 Å². The molecule has 1 aliphatic heterocycles. The maximum atomic E-state index is 11.1. The van der Waals surface area contributed by atoms with Gasteiger partial charge in [0.2, 0.25) is 0 Å². The van der Waals surface area contributed by atoms with E-state index in [1.54, 1.807) is 12.1 Å². The number of nitrogens with one attached hydrogen (secondary N) is 1. The van der Waals surface area contributed by atoms with Gasteiger partial charge in [-0.2, -0.15) is 0 Å². The van der Waals surface area contributed by atoms with Crippen molar-refractivity contribution in [2.45, 2.75) is 31.7 Å². The van der Waals surface area contributed by atoms with E-state index in [9.17, 15) is 10.1 Å². The summed E-state index contributed by atoms with van der Waals surface area (Å²) in [6.07, 6.45) is 5.08. The standard InChI is InChI=1S/C16H23N3O2/c20-19(21)15-7-3-6-14(12-15)16(13-4-1-2-5-13)18-10-8-17-9-11-18/h3,6-7,12-13,16-17H,1-2,4-5,8-11H2/t16-/m1/s1. The van der Waals surface area contributed by atoms with Crippen LogP contribution in [-0.4, -0.2) is 36.0 Å². The van der Waals surface area contributed by atoms with Crippen molar-refractivity contribution >= 4 is 5.69 Å². The Bertz CT molecular complexity index is 494. The van der Waals surface area contributed by atoms with Crippen LogP contribution in [0, 0.1) is 16.0 Å². The molecule has 1 aliphatic carbocycles. The summed E-state index contributed by atoms with van der Waals surface area (Å²) in [7, 11) is 0. The van der Waals surface area contributed by atoms with Crippen LogP contribution in [0.25, 0.3) is 0 Å². The molecular formula is C16H23N3O2. The maximum Gasteiger partial charge on any atom is 0.269 e. The van der Waals surface area contributed by atoms with Gasteiger partial charge >= 0.3 is 0 Å². The number of nitro groups is 1. The first kappa shape index (κ1) is 14.5. The average molecular weight is 289 g/mol. The number of piperazine rings is 1. The van der Waals surface area contributed by atoms with E-state index in [0.29, 0.717) is 12.0 Å². The van der Waals surface area contributed by atoms with Crippen molar-refractivity contribution in [2.75, 3.05) is 26.2 Å². The van der Waals surface area contributed by atoms with Crippen LogP contribution in [0.15, 0.2) is 24.3 Å². The Morgan fingerprint density at radius 1 is 1.24 bits per heavy atom. The zero-order valence-electron chi connectivity index (χ0n) is 12.3. The monoisotopic (exact) mass is 289 g/mol. The van der Waals surface area contributed by atoms with E-state index >= 15 is 0 Å². The zero-order chi connectivity index (χ0) is 14.7. The Labute approximate surface area is 125 Å². The number of nitrogens with zero attached hydrogens (tertiary/aromatic N) is 2. The number of benzene rings is 1. The fourth-order valence-corrected chi connectivity index (χ4v) is 3.84. The number of nitro benzene ring substituents is 1. The van der Waals surface area contributed by atoms with E-state index in [2.05, 4.69) is 16.3 Å². The Hall–Kier alpha value is -1.46. The molecule has 0 bridgehead atoms. The second kappa shape index (κ2) is 6.54. The van der Waals surface area contributed by atoms with Crippen molar-refractivity contribution in [1.29, 1.82) is 0 Å². The highest BCUT2D eigenvalue weighted by Crippen LogP contribution is 2.40. The minimum atomic E-state index is -0.285. The highest BCUT2D eigenvalue weighted by atomic mass is 16.6. The van der Waals surface area contributed by atoms with Gasteiger partial charge in [-0.25, -0.2) is 0 Å². The smallest absolute Gasteiger partial charge is 0.269 e. The van der Waals surface area contributed by atoms with Gasteiger partial charge in [-0.1, -0.05) is 25.0 Å². The average Bonchev–Trinajstić information content (AvgIpc) is 3.03. The molecule has 0 radical (unpaired) electrons. The summed E-state index contributed by atoms with van der Waals surface area (Å²) in [4.78, 5) is 13.3. The van der Waals surface area contributed by atoms with Gasteiger partial charge in [0.1, 0.15) is 0 Å². The van der Waals surface area contributed by atoms with Crippen LogP contribution in [0.1, 0.15) is 37.3 Å². The summed E-state index contributed by atoms with van der Waals surface area (Å²) in [6, 6.07) is 7.61. The second-order valence-electron chi connectivity index (χ2n) is 6.13. The van der Waals surface area contributed by atoms with Crippen LogP contribution in [0.5, 0.6) is 0 Å². The lowest BCUT2D eigenvalue weighted by atomic mass is 9.89. The number of hydrogen-bond acceptors (Lipinski definition) is 4. The SMILES string of the molecule is O=[N+]([O-])c1cccc([C@@H](C2CCCC2)N2CCNCC2)c1. The molecule has 3 rings (SSSR count). The summed E-state index contributed by atoms with van der Waals surface area (Å²) in [6.45, 7) is 4.09. The largest absolute Gasteiger partial charge is 0.314 e. The van der Waals surface area contributed by atoms with Gasteiger partial charge in [0, 0.05) is 44.4 Å². The highest BCUT2D eigenvalue weighted by Gasteiger charge is 2.32. The molecule has 2 fully saturated rings. The molecule has 0 spiro atoms. The molecule has 0 aromatic heterocycles. The van der Waals surface area contributed by atoms with E-state index in [1.807, 2.05) is 6.07 Å². The minimum Gasteiger partial charge on any atom is -0.314 e. The lowest BCUT2D eigenvalue weighted by Gasteiger charge is -2.38.